The molecule has 0 bridgehead atoms. The summed E-state index contributed by atoms with van der Waals surface area (Å²) in [5.74, 6) is -0.219. The quantitative estimate of drug-likeness (QED) is 0.0283. The second-order valence-electron chi connectivity index (χ2n) is 15.0. The van der Waals surface area contributed by atoms with Gasteiger partial charge in [0.1, 0.15) is 13.2 Å². The maximum atomic E-state index is 12.8. The zero-order chi connectivity index (χ0) is 40.7. The van der Waals surface area contributed by atoms with E-state index in [1.54, 1.807) is 0 Å². The van der Waals surface area contributed by atoms with Crippen molar-refractivity contribution in [3.05, 3.63) is 97.2 Å². The molecule has 0 aromatic heterocycles. The van der Waals surface area contributed by atoms with E-state index in [4.69, 9.17) is 9.05 Å². The van der Waals surface area contributed by atoms with Gasteiger partial charge in [-0.1, -0.05) is 150 Å². The second-order valence-corrected chi connectivity index (χ2v) is 16.4. The zero-order valence-corrected chi connectivity index (χ0v) is 36.2. The van der Waals surface area contributed by atoms with Crippen LogP contribution < -0.4 is 10.2 Å². The van der Waals surface area contributed by atoms with Gasteiger partial charge in [-0.3, -0.25) is 9.36 Å². The van der Waals surface area contributed by atoms with E-state index in [0.717, 1.165) is 89.9 Å². The number of nitrogens with one attached hydrogen (secondary N) is 1. The van der Waals surface area contributed by atoms with Gasteiger partial charge < -0.3 is 28.8 Å². The Bertz CT molecular complexity index is 1210. The van der Waals surface area contributed by atoms with Gasteiger partial charge in [0.2, 0.25) is 5.91 Å². The predicted octanol–water partition coefficient (Wildman–Crippen LogP) is 10.9. The highest BCUT2D eigenvalue weighted by molar-refractivity contribution is 7.45. The summed E-state index contributed by atoms with van der Waals surface area (Å²) in [6.07, 6.45) is 51.7. The van der Waals surface area contributed by atoms with Gasteiger partial charge in [-0.05, 0) is 77.0 Å². The molecule has 1 amide bonds. The number of phosphoric ester groups is 1. The number of carbonyl (C=O) groups excluding carboxylic acids is 1. The number of quaternary nitrogens is 1. The first-order valence-corrected chi connectivity index (χ1v) is 22.5. The van der Waals surface area contributed by atoms with Crippen LogP contribution in [0.5, 0.6) is 0 Å². The van der Waals surface area contributed by atoms with Crippen LogP contribution in [0, 0.1) is 0 Å². The Labute approximate surface area is 337 Å². The van der Waals surface area contributed by atoms with Crippen molar-refractivity contribution in [2.24, 2.45) is 0 Å². The van der Waals surface area contributed by atoms with Gasteiger partial charge in [0.15, 0.2) is 0 Å². The van der Waals surface area contributed by atoms with E-state index in [2.05, 4.69) is 116 Å². The smallest absolute Gasteiger partial charge is 0.268 e. The molecule has 3 unspecified atom stereocenters. The normalized spacial score (nSPS) is 15.4. The van der Waals surface area contributed by atoms with Gasteiger partial charge in [0, 0.05) is 6.42 Å². The molecule has 314 valence electrons. The number of amides is 1. The molecule has 8 nitrogen and oxygen atoms in total. The molecule has 0 radical (unpaired) electrons. The number of aliphatic hydroxyl groups excluding tert-OH is 1. The molecular weight excluding hydrogens is 707 g/mol. The molecule has 0 aromatic carbocycles. The van der Waals surface area contributed by atoms with Crippen LogP contribution in [0.4, 0.5) is 0 Å². The summed E-state index contributed by atoms with van der Waals surface area (Å²) in [6, 6.07) is -0.827. The number of carbonyl (C=O) groups is 1. The largest absolute Gasteiger partial charge is 0.756 e. The Morgan fingerprint density at radius 1 is 0.655 bits per heavy atom. The summed E-state index contributed by atoms with van der Waals surface area (Å²) in [7, 11) is 1.25. The summed E-state index contributed by atoms with van der Waals surface area (Å²) in [4.78, 5) is 25.1. The Hall–Kier alpha value is -2.58. The Morgan fingerprint density at radius 3 is 1.58 bits per heavy atom. The van der Waals surface area contributed by atoms with Gasteiger partial charge in [-0.2, -0.15) is 0 Å². The van der Waals surface area contributed by atoms with Crippen molar-refractivity contribution >= 4 is 13.7 Å². The number of hydrogen-bond donors (Lipinski definition) is 2. The van der Waals surface area contributed by atoms with Crippen LogP contribution in [0.15, 0.2) is 97.2 Å². The number of phosphoric acid groups is 1. The van der Waals surface area contributed by atoms with Crippen molar-refractivity contribution in [1.29, 1.82) is 0 Å². The fraction of sp³-hybridized carbons (Fsp3) is 0.630. The van der Waals surface area contributed by atoms with Crippen molar-refractivity contribution in [3.8, 4) is 0 Å². The lowest BCUT2D eigenvalue weighted by Crippen LogP contribution is -2.46. The highest BCUT2D eigenvalue weighted by Gasteiger charge is 2.24. The molecule has 2 N–H and O–H groups in total. The third-order valence-corrected chi connectivity index (χ3v) is 9.55. The van der Waals surface area contributed by atoms with Crippen molar-refractivity contribution < 1.29 is 32.9 Å². The molecule has 0 spiro atoms. The summed E-state index contributed by atoms with van der Waals surface area (Å²) < 4.78 is 23.0. The highest BCUT2D eigenvalue weighted by Crippen LogP contribution is 2.38. The van der Waals surface area contributed by atoms with Gasteiger partial charge >= 0.3 is 0 Å². The van der Waals surface area contributed by atoms with E-state index in [9.17, 15) is 19.4 Å². The first-order valence-electron chi connectivity index (χ1n) is 21.1. The van der Waals surface area contributed by atoms with Crippen LogP contribution in [0.2, 0.25) is 0 Å². The minimum atomic E-state index is -4.57. The molecule has 0 aliphatic rings. The number of allylic oxidation sites excluding steroid dienone is 16. The van der Waals surface area contributed by atoms with Crippen molar-refractivity contribution in [3.63, 3.8) is 0 Å². The van der Waals surface area contributed by atoms with Crippen molar-refractivity contribution in [1.82, 2.24) is 5.32 Å². The molecule has 55 heavy (non-hydrogen) atoms. The molecule has 3 atom stereocenters. The van der Waals surface area contributed by atoms with Crippen molar-refractivity contribution in [2.75, 3.05) is 40.9 Å². The Morgan fingerprint density at radius 2 is 1.11 bits per heavy atom. The number of unbranched alkanes of at least 4 members (excludes halogenated alkanes) is 7. The minimum Gasteiger partial charge on any atom is -0.756 e. The van der Waals surface area contributed by atoms with Crippen LogP contribution in [0.3, 0.4) is 0 Å². The maximum Gasteiger partial charge on any atom is 0.268 e. The number of likely N-dealkylation sites (N-methyl/N-ethyl adjacent to an activating group) is 1. The predicted molar refractivity (Wildman–Crippen MR) is 233 cm³/mol. The third kappa shape index (κ3) is 39.5. The summed E-state index contributed by atoms with van der Waals surface area (Å²) in [5, 5.41) is 13.7. The lowest BCUT2D eigenvalue weighted by molar-refractivity contribution is -0.870. The van der Waals surface area contributed by atoms with E-state index in [1.165, 1.54) is 12.8 Å². The second kappa shape index (κ2) is 37.0. The number of nitrogens with zero attached hydrogens (tertiary/aromatic N) is 1. The first kappa shape index (κ1) is 52.4. The molecular formula is C46H79N2O6P. The average Bonchev–Trinajstić information content (AvgIpc) is 3.13. The molecule has 0 fully saturated rings. The molecule has 0 saturated carbocycles. The fourth-order valence-electron chi connectivity index (χ4n) is 5.23. The molecule has 0 aromatic rings. The number of hydrogen-bond acceptors (Lipinski definition) is 6. The van der Waals surface area contributed by atoms with E-state index < -0.39 is 20.0 Å². The van der Waals surface area contributed by atoms with E-state index >= 15 is 0 Å². The fourth-order valence-corrected chi connectivity index (χ4v) is 5.95. The minimum absolute atomic E-state index is 0.00330. The standard InChI is InChI=1S/C46H79N2O6P/c1-6-8-10-12-14-15-16-17-18-19-20-21-22-23-24-25-26-27-28-29-30-31-32-33-34-36-38-40-46(50)47-44(45(49)39-37-35-13-11-9-7-2)43-54-55(51,52)53-42-41-48(3,4)5/h8,10,14-15,17-18,20-21,23-24,26-27,29-30,32-33,44-45,49H,6-7,9,11-13,16,19,22,25,28,31,34-43H2,1-5H3,(H-,47,50,51,52)/b10-8-,15-14-,18-17-,21-20-,24-23-,27-26-,30-29-,33-32-. The van der Waals surface area contributed by atoms with Gasteiger partial charge in [-0.25, -0.2) is 0 Å². The molecule has 0 aliphatic carbocycles. The van der Waals surface area contributed by atoms with Gasteiger partial charge in [0.25, 0.3) is 7.82 Å². The molecule has 9 heteroatoms. The Kier molecular flexibility index (Phi) is 35.3. The lowest BCUT2D eigenvalue weighted by atomic mass is 10.0. The molecule has 0 rings (SSSR count). The first-order chi connectivity index (χ1) is 26.5. The van der Waals surface area contributed by atoms with E-state index in [0.29, 0.717) is 30.3 Å². The van der Waals surface area contributed by atoms with Crippen LogP contribution in [0.1, 0.15) is 136 Å². The summed E-state index contributed by atoms with van der Waals surface area (Å²) in [6.45, 7) is 4.46. The van der Waals surface area contributed by atoms with Crippen LogP contribution in [-0.4, -0.2) is 68.5 Å². The van der Waals surface area contributed by atoms with E-state index in [-0.39, 0.29) is 19.1 Å². The van der Waals surface area contributed by atoms with Gasteiger partial charge in [-0.15, -0.1) is 0 Å². The SMILES string of the molecule is CC/C=C\C/C=C\C/C=C\C/C=C\C/C=C\C/C=C\C/C=C\C/C=C\CCCCC(=O)NC(COP(=O)([O-])OCC[N+](C)(C)C)C(O)CCCCCCCC. The molecule has 0 aliphatic heterocycles. The molecule has 0 heterocycles. The molecule has 0 saturated heterocycles. The average molecular weight is 787 g/mol. The van der Waals surface area contributed by atoms with Crippen LogP contribution in [0.25, 0.3) is 0 Å². The van der Waals surface area contributed by atoms with Crippen molar-refractivity contribution in [2.45, 2.75) is 148 Å². The monoisotopic (exact) mass is 787 g/mol. The van der Waals surface area contributed by atoms with Crippen LogP contribution >= 0.6 is 7.82 Å². The highest BCUT2D eigenvalue weighted by atomic mass is 31.2. The summed E-state index contributed by atoms with van der Waals surface area (Å²) >= 11 is 0. The Balaban J connectivity index is 4.28. The van der Waals surface area contributed by atoms with Gasteiger partial charge in [0.05, 0.1) is 39.9 Å². The van der Waals surface area contributed by atoms with E-state index in [1.807, 2.05) is 21.1 Å². The third-order valence-electron chi connectivity index (χ3n) is 8.59. The maximum absolute atomic E-state index is 12.8. The number of rotatable bonds is 36. The number of aliphatic hydroxyl groups is 1. The summed E-state index contributed by atoms with van der Waals surface area (Å²) in [5.41, 5.74) is 0. The zero-order valence-electron chi connectivity index (χ0n) is 35.3. The topological polar surface area (TPSA) is 108 Å². The van der Waals surface area contributed by atoms with Crippen LogP contribution in [-0.2, 0) is 18.4 Å². The lowest BCUT2D eigenvalue weighted by Gasteiger charge is -2.30.